The van der Waals surface area contributed by atoms with Gasteiger partial charge in [-0.05, 0) is 63.5 Å². The van der Waals surface area contributed by atoms with Crippen molar-refractivity contribution in [3.05, 3.63) is 46.6 Å². The van der Waals surface area contributed by atoms with Gasteiger partial charge in [-0.25, -0.2) is 4.68 Å². The number of anilines is 1. The van der Waals surface area contributed by atoms with E-state index in [1.165, 1.54) is 16.7 Å². The van der Waals surface area contributed by atoms with E-state index in [9.17, 15) is 4.79 Å². The van der Waals surface area contributed by atoms with Crippen molar-refractivity contribution in [2.45, 2.75) is 45.1 Å². The second-order valence-corrected chi connectivity index (χ2v) is 7.58. The Balaban J connectivity index is 1.70. The molecule has 1 fully saturated rings. The van der Waals surface area contributed by atoms with Gasteiger partial charge in [0.05, 0.1) is 12.2 Å². The largest absolute Gasteiger partial charge is 0.311 e. The fourth-order valence-electron chi connectivity index (χ4n) is 4.03. The summed E-state index contributed by atoms with van der Waals surface area (Å²) in [4.78, 5) is 14.7. The molecule has 1 unspecified atom stereocenters. The highest BCUT2D eigenvalue weighted by Gasteiger charge is 2.32. The molecule has 2 aliphatic rings. The average molecular weight is 338 g/mol. The monoisotopic (exact) mass is 338 g/mol. The molecule has 0 bridgehead atoms. The molecule has 0 spiro atoms. The maximum Gasteiger partial charge on any atom is 0.226 e. The molecule has 0 radical (unpaired) electrons. The minimum absolute atomic E-state index is 0.0883. The van der Waals surface area contributed by atoms with E-state index in [4.69, 9.17) is 0 Å². The Morgan fingerprint density at radius 1 is 1.16 bits per heavy atom. The van der Waals surface area contributed by atoms with Gasteiger partial charge in [-0.1, -0.05) is 18.2 Å². The highest BCUT2D eigenvalue weighted by Crippen LogP contribution is 2.39. The number of carbonyl (C=O) groups is 1. The number of benzene rings is 1. The predicted octanol–water partition coefficient (Wildman–Crippen LogP) is 3.24. The van der Waals surface area contributed by atoms with Crippen molar-refractivity contribution in [3.8, 4) is 0 Å². The SMILES string of the molecule is Cc1ccc(C2CC(=O)Nc3c2cnn3C2CCN(C)CC2)cc1C. The minimum atomic E-state index is 0.0883. The van der Waals surface area contributed by atoms with Crippen molar-refractivity contribution in [3.63, 3.8) is 0 Å². The molecule has 1 aromatic carbocycles. The van der Waals surface area contributed by atoms with Gasteiger partial charge in [0.25, 0.3) is 0 Å². The van der Waals surface area contributed by atoms with Crippen LogP contribution in [0.1, 0.15) is 53.5 Å². The molecular weight excluding hydrogens is 312 g/mol. The number of amides is 1. The van der Waals surface area contributed by atoms with Crippen LogP contribution in [0, 0.1) is 13.8 Å². The van der Waals surface area contributed by atoms with E-state index < -0.39 is 0 Å². The maximum absolute atomic E-state index is 12.4. The van der Waals surface area contributed by atoms with E-state index >= 15 is 0 Å². The Bertz CT molecular complexity index is 802. The number of hydrogen-bond acceptors (Lipinski definition) is 3. The van der Waals surface area contributed by atoms with Gasteiger partial charge < -0.3 is 10.2 Å². The third-order valence-electron chi connectivity index (χ3n) is 5.81. The number of aromatic nitrogens is 2. The van der Waals surface area contributed by atoms with Crippen LogP contribution in [-0.2, 0) is 4.79 Å². The van der Waals surface area contributed by atoms with Crippen molar-refractivity contribution in [1.29, 1.82) is 0 Å². The number of rotatable bonds is 2. The summed E-state index contributed by atoms with van der Waals surface area (Å²) in [5.74, 6) is 1.10. The molecule has 5 nitrogen and oxygen atoms in total. The highest BCUT2D eigenvalue weighted by molar-refractivity contribution is 5.94. The first-order valence-electron chi connectivity index (χ1n) is 9.16. The van der Waals surface area contributed by atoms with Crippen LogP contribution in [0.15, 0.2) is 24.4 Å². The fraction of sp³-hybridized carbons (Fsp3) is 0.500. The fourth-order valence-corrected chi connectivity index (χ4v) is 4.03. The Labute approximate surface area is 149 Å². The molecular formula is C20H26N4O. The van der Waals surface area contributed by atoms with Crippen LogP contribution >= 0.6 is 0 Å². The van der Waals surface area contributed by atoms with Crippen LogP contribution in [0.2, 0.25) is 0 Å². The molecule has 1 N–H and O–H groups in total. The standard InChI is InChI=1S/C20H26N4O/c1-13-4-5-15(10-14(13)2)17-11-19(25)22-20-18(17)12-21-24(20)16-6-8-23(3)9-7-16/h4-5,10,12,16-17H,6-9,11H2,1-3H3,(H,22,25). The summed E-state index contributed by atoms with van der Waals surface area (Å²) in [5, 5.41) is 7.77. The molecule has 2 aliphatic heterocycles. The van der Waals surface area contributed by atoms with Crippen molar-refractivity contribution in [1.82, 2.24) is 14.7 Å². The van der Waals surface area contributed by atoms with Crippen LogP contribution in [-0.4, -0.2) is 40.7 Å². The Hall–Kier alpha value is -2.14. The van der Waals surface area contributed by atoms with Crippen LogP contribution < -0.4 is 5.32 Å². The molecule has 1 aromatic heterocycles. The van der Waals surface area contributed by atoms with E-state index in [1.807, 2.05) is 6.20 Å². The van der Waals surface area contributed by atoms with Crippen molar-refractivity contribution < 1.29 is 4.79 Å². The summed E-state index contributed by atoms with van der Waals surface area (Å²) in [6.07, 6.45) is 4.62. The van der Waals surface area contributed by atoms with E-state index in [2.05, 4.69) is 59.1 Å². The first-order chi connectivity index (χ1) is 12.0. The molecule has 0 saturated carbocycles. The van der Waals surface area contributed by atoms with E-state index in [-0.39, 0.29) is 11.8 Å². The zero-order valence-corrected chi connectivity index (χ0v) is 15.2. The smallest absolute Gasteiger partial charge is 0.226 e. The number of fused-ring (bicyclic) bond motifs is 1. The minimum Gasteiger partial charge on any atom is -0.311 e. The van der Waals surface area contributed by atoms with Gasteiger partial charge in [0.1, 0.15) is 5.82 Å². The van der Waals surface area contributed by atoms with Crippen LogP contribution in [0.4, 0.5) is 5.82 Å². The number of piperidine rings is 1. The predicted molar refractivity (Wildman–Crippen MR) is 99.0 cm³/mol. The second kappa shape index (κ2) is 6.30. The van der Waals surface area contributed by atoms with Gasteiger partial charge in [0, 0.05) is 17.9 Å². The molecule has 3 heterocycles. The number of carbonyl (C=O) groups excluding carboxylic acids is 1. The van der Waals surface area contributed by atoms with Gasteiger partial charge >= 0.3 is 0 Å². The number of aryl methyl sites for hydroxylation is 2. The summed E-state index contributed by atoms with van der Waals surface area (Å²) in [6.45, 7) is 6.41. The lowest BCUT2D eigenvalue weighted by molar-refractivity contribution is -0.116. The van der Waals surface area contributed by atoms with E-state index in [1.54, 1.807) is 0 Å². The topological polar surface area (TPSA) is 50.2 Å². The Kier molecular flexibility index (Phi) is 4.12. The lowest BCUT2D eigenvalue weighted by Crippen LogP contribution is -2.33. The van der Waals surface area contributed by atoms with Gasteiger partial charge in [0.15, 0.2) is 0 Å². The molecule has 1 atom stereocenters. The van der Waals surface area contributed by atoms with Crippen LogP contribution in [0.5, 0.6) is 0 Å². The first-order valence-corrected chi connectivity index (χ1v) is 9.16. The molecule has 1 saturated heterocycles. The zero-order chi connectivity index (χ0) is 17.6. The molecule has 1 amide bonds. The van der Waals surface area contributed by atoms with Crippen LogP contribution in [0.3, 0.4) is 0 Å². The molecule has 25 heavy (non-hydrogen) atoms. The van der Waals surface area contributed by atoms with Gasteiger partial charge in [0.2, 0.25) is 5.91 Å². The van der Waals surface area contributed by atoms with Crippen molar-refractivity contribution >= 4 is 11.7 Å². The second-order valence-electron chi connectivity index (χ2n) is 7.58. The Morgan fingerprint density at radius 3 is 2.64 bits per heavy atom. The zero-order valence-electron chi connectivity index (χ0n) is 15.2. The molecule has 0 aliphatic carbocycles. The summed E-state index contributed by atoms with van der Waals surface area (Å²) in [5.41, 5.74) is 4.92. The summed E-state index contributed by atoms with van der Waals surface area (Å²) < 4.78 is 2.06. The average Bonchev–Trinajstić information content (AvgIpc) is 3.01. The molecule has 2 aromatic rings. The molecule has 4 rings (SSSR count). The van der Waals surface area contributed by atoms with Crippen molar-refractivity contribution in [2.24, 2.45) is 0 Å². The van der Waals surface area contributed by atoms with Gasteiger partial charge in [-0.15, -0.1) is 0 Å². The summed E-state index contributed by atoms with van der Waals surface area (Å²) >= 11 is 0. The number of likely N-dealkylation sites (tertiary alicyclic amines) is 1. The first kappa shape index (κ1) is 16.3. The number of nitrogens with zero attached hydrogens (tertiary/aromatic N) is 3. The highest BCUT2D eigenvalue weighted by atomic mass is 16.1. The molecule has 5 heteroatoms. The third kappa shape index (κ3) is 2.97. The number of nitrogens with one attached hydrogen (secondary N) is 1. The summed E-state index contributed by atoms with van der Waals surface area (Å²) in [6, 6.07) is 6.90. The van der Waals surface area contributed by atoms with Crippen LogP contribution in [0.25, 0.3) is 0 Å². The Morgan fingerprint density at radius 2 is 1.92 bits per heavy atom. The summed E-state index contributed by atoms with van der Waals surface area (Å²) in [7, 11) is 2.16. The maximum atomic E-state index is 12.4. The van der Waals surface area contributed by atoms with Gasteiger partial charge in [-0.2, -0.15) is 5.10 Å². The third-order valence-corrected chi connectivity index (χ3v) is 5.81. The van der Waals surface area contributed by atoms with E-state index in [0.717, 1.165) is 37.3 Å². The van der Waals surface area contributed by atoms with E-state index in [0.29, 0.717) is 12.5 Å². The number of hydrogen-bond donors (Lipinski definition) is 1. The quantitative estimate of drug-likeness (QED) is 0.914. The lowest BCUT2D eigenvalue weighted by atomic mass is 9.86. The molecule has 132 valence electrons. The lowest BCUT2D eigenvalue weighted by Gasteiger charge is -2.31. The van der Waals surface area contributed by atoms with Crippen molar-refractivity contribution in [2.75, 3.05) is 25.5 Å². The van der Waals surface area contributed by atoms with Gasteiger partial charge in [-0.3, -0.25) is 4.79 Å². The normalized spacial score (nSPS) is 21.9.